The number of aliphatic hydroxyl groups is 8. The van der Waals surface area contributed by atoms with Crippen molar-refractivity contribution in [3.8, 4) is 0 Å². The van der Waals surface area contributed by atoms with Crippen LogP contribution in [0.5, 0.6) is 0 Å². The Hall–Kier alpha value is -1.79. The quantitative estimate of drug-likeness (QED) is 0.0205. The zero-order valence-electron chi connectivity index (χ0n) is 45.2. The molecule has 0 bridgehead atoms. The Morgan fingerprint density at radius 3 is 1.36 bits per heavy atom. The summed E-state index contributed by atoms with van der Waals surface area (Å²) < 4.78 is 22.7. The van der Waals surface area contributed by atoms with Crippen LogP contribution in [0.3, 0.4) is 0 Å². The average molecular weight is 1030 g/mol. The summed E-state index contributed by atoms with van der Waals surface area (Å²) in [6, 6.07) is -0.934. The molecule has 2 heterocycles. The molecule has 12 atom stereocenters. The Labute approximate surface area is 436 Å². The van der Waals surface area contributed by atoms with Gasteiger partial charge in [-0.25, -0.2) is 0 Å². The maximum Gasteiger partial charge on any atom is 0.220 e. The molecule has 0 aliphatic carbocycles. The van der Waals surface area contributed by atoms with Crippen LogP contribution in [-0.2, 0) is 23.7 Å². The molecule has 0 aromatic rings. The highest BCUT2D eigenvalue weighted by atomic mass is 16.7. The minimum absolute atomic E-state index is 0.254. The Bertz CT molecular complexity index is 1350. The molecule has 2 aliphatic rings. The molecule has 72 heavy (non-hydrogen) atoms. The highest BCUT2D eigenvalue weighted by Gasteiger charge is 2.51. The molecule has 2 aliphatic heterocycles. The second-order valence-electron chi connectivity index (χ2n) is 20.8. The van der Waals surface area contributed by atoms with Gasteiger partial charge in [0, 0.05) is 6.42 Å². The van der Waals surface area contributed by atoms with Crippen molar-refractivity contribution in [2.45, 2.75) is 306 Å². The lowest BCUT2D eigenvalue weighted by molar-refractivity contribution is -0.359. The first kappa shape index (κ1) is 66.3. The van der Waals surface area contributed by atoms with Crippen LogP contribution < -0.4 is 5.32 Å². The number of carbonyl (C=O) groups excluding carboxylic acids is 1. The number of aliphatic hydroxyl groups excluding tert-OH is 8. The molecule has 9 N–H and O–H groups in total. The summed E-state index contributed by atoms with van der Waals surface area (Å²) in [5.41, 5.74) is 0. The van der Waals surface area contributed by atoms with Crippen molar-refractivity contribution in [2.24, 2.45) is 0 Å². The third-order valence-electron chi connectivity index (χ3n) is 14.3. The smallest absolute Gasteiger partial charge is 0.220 e. The van der Waals surface area contributed by atoms with Gasteiger partial charge in [-0.3, -0.25) is 4.79 Å². The van der Waals surface area contributed by atoms with Gasteiger partial charge in [0.1, 0.15) is 48.8 Å². The van der Waals surface area contributed by atoms with Crippen molar-refractivity contribution >= 4 is 5.91 Å². The van der Waals surface area contributed by atoms with Gasteiger partial charge in [0.05, 0.1) is 32.0 Å². The van der Waals surface area contributed by atoms with Crippen LogP contribution in [0.1, 0.15) is 232 Å². The van der Waals surface area contributed by atoms with Gasteiger partial charge >= 0.3 is 0 Å². The topological polar surface area (TPSA) is 228 Å². The van der Waals surface area contributed by atoms with Gasteiger partial charge in [-0.2, -0.15) is 0 Å². The molecule has 14 nitrogen and oxygen atoms in total. The minimum atomic E-state index is -1.79. The molecule has 12 unspecified atom stereocenters. The second-order valence-corrected chi connectivity index (χ2v) is 20.8. The third kappa shape index (κ3) is 30.1. The van der Waals surface area contributed by atoms with E-state index in [1.807, 2.05) is 6.08 Å². The number of hydrogen-bond acceptors (Lipinski definition) is 13. The number of unbranched alkanes of at least 4 members (excludes halogenated alkanes) is 29. The van der Waals surface area contributed by atoms with Crippen LogP contribution in [-0.4, -0.2) is 140 Å². The van der Waals surface area contributed by atoms with Crippen molar-refractivity contribution in [3.63, 3.8) is 0 Å². The molecule has 2 saturated heterocycles. The molecule has 0 aromatic heterocycles. The lowest BCUT2D eigenvalue weighted by Gasteiger charge is -2.46. The lowest BCUT2D eigenvalue weighted by atomic mass is 9.97. The number of hydrogen-bond donors (Lipinski definition) is 9. The third-order valence-corrected chi connectivity index (χ3v) is 14.3. The van der Waals surface area contributed by atoms with Gasteiger partial charge in [0.25, 0.3) is 0 Å². The summed E-state index contributed by atoms with van der Waals surface area (Å²) in [6.45, 7) is 2.76. The molecule has 14 heteroatoms. The predicted molar refractivity (Wildman–Crippen MR) is 286 cm³/mol. The normalized spacial score (nSPS) is 25.8. The first-order chi connectivity index (χ1) is 35.1. The van der Waals surface area contributed by atoms with E-state index in [-0.39, 0.29) is 18.9 Å². The monoisotopic (exact) mass is 1030 g/mol. The zero-order valence-corrected chi connectivity index (χ0v) is 45.2. The summed E-state index contributed by atoms with van der Waals surface area (Å²) in [6.07, 6.45) is 36.4. The van der Waals surface area contributed by atoms with Crippen LogP contribution in [0.2, 0.25) is 0 Å². The minimum Gasteiger partial charge on any atom is -0.394 e. The molecule has 2 fully saturated rings. The van der Waals surface area contributed by atoms with Crippen LogP contribution >= 0.6 is 0 Å². The van der Waals surface area contributed by atoms with Crippen LogP contribution in [0, 0.1) is 0 Å². The molecular formula is C58H107NO13. The fourth-order valence-corrected chi connectivity index (χ4v) is 9.56. The molecule has 422 valence electrons. The molecule has 0 spiro atoms. The Kier molecular flexibility index (Phi) is 40.9. The van der Waals surface area contributed by atoms with E-state index in [9.17, 15) is 45.6 Å². The number of rotatable bonds is 46. The second kappa shape index (κ2) is 44.3. The summed E-state index contributed by atoms with van der Waals surface area (Å²) in [5.74, 6) is -0.254. The van der Waals surface area contributed by atoms with E-state index in [2.05, 4.69) is 43.5 Å². The van der Waals surface area contributed by atoms with E-state index >= 15 is 0 Å². The van der Waals surface area contributed by atoms with Gasteiger partial charge in [0.2, 0.25) is 5.91 Å². The van der Waals surface area contributed by atoms with Gasteiger partial charge in [0.15, 0.2) is 12.6 Å². The van der Waals surface area contributed by atoms with Crippen LogP contribution in [0.15, 0.2) is 36.5 Å². The molecule has 2 rings (SSSR count). The van der Waals surface area contributed by atoms with E-state index < -0.39 is 86.8 Å². The van der Waals surface area contributed by atoms with E-state index in [0.717, 1.165) is 44.9 Å². The van der Waals surface area contributed by atoms with E-state index in [0.29, 0.717) is 12.8 Å². The van der Waals surface area contributed by atoms with Crippen molar-refractivity contribution < 1.29 is 64.6 Å². The van der Waals surface area contributed by atoms with Crippen LogP contribution in [0.4, 0.5) is 0 Å². The van der Waals surface area contributed by atoms with Gasteiger partial charge in [-0.05, 0) is 44.9 Å². The molecule has 0 aromatic carbocycles. The molecule has 0 radical (unpaired) electrons. The predicted octanol–water partition coefficient (Wildman–Crippen LogP) is 9.44. The number of ether oxygens (including phenoxy) is 4. The zero-order chi connectivity index (χ0) is 52.4. The summed E-state index contributed by atoms with van der Waals surface area (Å²) >= 11 is 0. The van der Waals surface area contributed by atoms with Crippen LogP contribution in [0.25, 0.3) is 0 Å². The lowest BCUT2D eigenvalue weighted by Crippen LogP contribution is -2.65. The average Bonchev–Trinajstić information content (AvgIpc) is 3.38. The van der Waals surface area contributed by atoms with Gasteiger partial charge in [-0.15, -0.1) is 0 Å². The SMILES string of the molecule is CCCCCCCCCCCCCCCCCCC/C=C/CC/C=C/CC/C=C/C(O)C(COC1OC(CO)C(OC2OC(CO)C(O)C(O)C2O)C(O)C1O)NC(=O)CCCCCCCCCCCCC. The highest BCUT2D eigenvalue weighted by molar-refractivity contribution is 5.76. The Morgan fingerprint density at radius 2 is 0.889 bits per heavy atom. The fraction of sp³-hybridized carbons (Fsp3) is 0.879. The summed E-state index contributed by atoms with van der Waals surface area (Å²) in [5, 5.41) is 86.9. The first-order valence-electron chi connectivity index (χ1n) is 29.2. The standard InChI is InChI=1S/C58H107NO13/c1-3-5-7-9-11-13-15-16-17-18-19-20-21-22-23-24-25-26-27-28-29-30-32-33-35-37-39-41-47(62)46(59-50(63)42-40-38-36-34-31-14-12-10-8-6-4-2)45-69-57-55(68)53(66)56(49(44-61)71-57)72-58-54(67)52(65)51(64)48(43-60)70-58/h27-28,32-33,39,41,46-49,51-58,60-62,64-68H,3-26,29-31,34-38,40,42-45H2,1-2H3,(H,59,63)/b28-27+,33-32+,41-39+. The van der Waals surface area contributed by atoms with Crippen molar-refractivity contribution in [1.29, 1.82) is 0 Å². The van der Waals surface area contributed by atoms with Crippen molar-refractivity contribution in [1.82, 2.24) is 5.32 Å². The maximum atomic E-state index is 13.2. The highest BCUT2D eigenvalue weighted by Crippen LogP contribution is 2.30. The van der Waals surface area contributed by atoms with Crippen molar-refractivity contribution in [3.05, 3.63) is 36.5 Å². The summed E-state index contributed by atoms with van der Waals surface area (Å²) in [7, 11) is 0. The van der Waals surface area contributed by atoms with E-state index in [4.69, 9.17) is 18.9 Å². The largest absolute Gasteiger partial charge is 0.394 e. The maximum absolute atomic E-state index is 13.2. The number of carbonyl (C=O) groups is 1. The molecule has 0 saturated carbocycles. The Balaban J connectivity index is 1.75. The van der Waals surface area contributed by atoms with Gasteiger partial charge in [-0.1, -0.05) is 217 Å². The number of amides is 1. The van der Waals surface area contributed by atoms with E-state index in [1.165, 1.54) is 154 Å². The fourth-order valence-electron chi connectivity index (χ4n) is 9.56. The molecule has 1 amide bonds. The number of nitrogens with one attached hydrogen (secondary N) is 1. The van der Waals surface area contributed by atoms with E-state index in [1.54, 1.807) is 6.08 Å². The first-order valence-corrected chi connectivity index (χ1v) is 29.2. The Morgan fingerprint density at radius 1 is 0.486 bits per heavy atom. The summed E-state index contributed by atoms with van der Waals surface area (Å²) in [4.78, 5) is 13.2. The molecular weight excluding hydrogens is 919 g/mol. The van der Waals surface area contributed by atoms with Gasteiger partial charge < -0.3 is 65.1 Å². The number of allylic oxidation sites excluding steroid dienone is 5. The van der Waals surface area contributed by atoms with Crippen molar-refractivity contribution in [2.75, 3.05) is 19.8 Å².